The van der Waals surface area contributed by atoms with Crippen LogP contribution in [0, 0.1) is 6.92 Å². The van der Waals surface area contributed by atoms with Crippen LogP contribution in [-0.4, -0.2) is 26.5 Å². The highest BCUT2D eigenvalue weighted by atomic mass is 35.5. The molecule has 0 heterocycles. The molecule has 4 heteroatoms. The van der Waals surface area contributed by atoms with E-state index in [2.05, 4.69) is 19.4 Å². The molecule has 0 radical (unpaired) electrons. The Bertz CT molecular complexity index is 711. The summed E-state index contributed by atoms with van der Waals surface area (Å²) in [6.07, 6.45) is 3.34. The first kappa shape index (κ1) is 18.2. The fourth-order valence-corrected chi connectivity index (χ4v) is 2.64. The lowest BCUT2D eigenvalue weighted by atomic mass is 10.1. The molecule has 0 aliphatic heterocycles. The molecule has 1 atom stereocenters. The van der Waals surface area contributed by atoms with E-state index in [1.807, 2.05) is 55.5 Å². The molecular formula is C20H24ClN2O+. The number of carbonyl (C=O) groups is 1. The van der Waals surface area contributed by atoms with Gasteiger partial charge in [-0.05, 0) is 35.8 Å². The zero-order chi connectivity index (χ0) is 17.5. The summed E-state index contributed by atoms with van der Waals surface area (Å²) in [6.45, 7) is 2.77. The largest absolute Gasteiger partial charge is 0.340 e. The fourth-order valence-electron chi connectivity index (χ4n) is 2.45. The fraction of sp³-hybridized carbons (Fsp3) is 0.250. The molecule has 24 heavy (non-hydrogen) atoms. The first-order chi connectivity index (χ1) is 11.5. The molecule has 0 bridgehead atoms. The van der Waals surface area contributed by atoms with Crippen molar-refractivity contribution in [3.8, 4) is 0 Å². The van der Waals surface area contributed by atoms with Crippen molar-refractivity contribution in [3.05, 3.63) is 76.3 Å². The predicted octanol–water partition coefficient (Wildman–Crippen LogP) is 2.66. The SMILES string of the molecule is Cc1ccc(/C=C/C(=O)N[C@H](C[NH+](C)C)c2ccccc2)cc1Cl. The number of halogens is 1. The van der Waals surface area contributed by atoms with Gasteiger partial charge in [-0.3, -0.25) is 4.79 Å². The van der Waals surface area contributed by atoms with Crippen LogP contribution in [0.3, 0.4) is 0 Å². The Balaban J connectivity index is 2.07. The van der Waals surface area contributed by atoms with E-state index in [1.54, 1.807) is 12.2 Å². The minimum Gasteiger partial charge on any atom is -0.340 e. The summed E-state index contributed by atoms with van der Waals surface area (Å²) in [5.74, 6) is -0.109. The highest BCUT2D eigenvalue weighted by Gasteiger charge is 2.16. The van der Waals surface area contributed by atoms with E-state index in [-0.39, 0.29) is 11.9 Å². The maximum absolute atomic E-state index is 12.3. The average Bonchev–Trinajstić information content (AvgIpc) is 2.56. The lowest BCUT2D eigenvalue weighted by molar-refractivity contribution is -0.860. The quantitative estimate of drug-likeness (QED) is 0.777. The molecule has 2 N–H and O–H groups in total. The van der Waals surface area contributed by atoms with Gasteiger partial charge in [0.25, 0.3) is 0 Å². The summed E-state index contributed by atoms with van der Waals surface area (Å²) < 4.78 is 0. The Kier molecular flexibility index (Phi) is 6.59. The highest BCUT2D eigenvalue weighted by molar-refractivity contribution is 6.31. The molecular weight excluding hydrogens is 320 g/mol. The van der Waals surface area contributed by atoms with E-state index in [0.29, 0.717) is 5.02 Å². The number of hydrogen-bond donors (Lipinski definition) is 2. The van der Waals surface area contributed by atoms with Crippen LogP contribution in [0.1, 0.15) is 22.7 Å². The van der Waals surface area contributed by atoms with Gasteiger partial charge in [0.15, 0.2) is 0 Å². The van der Waals surface area contributed by atoms with Crippen LogP contribution in [0.25, 0.3) is 6.08 Å². The van der Waals surface area contributed by atoms with Crippen LogP contribution in [0.2, 0.25) is 5.02 Å². The van der Waals surface area contributed by atoms with Crippen LogP contribution in [0.15, 0.2) is 54.6 Å². The number of carbonyl (C=O) groups excluding carboxylic acids is 1. The normalized spacial score (nSPS) is 12.5. The van der Waals surface area contributed by atoms with Gasteiger partial charge in [0, 0.05) is 11.1 Å². The third-order valence-corrected chi connectivity index (χ3v) is 4.16. The minimum atomic E-state index is -0.109. The van der Waals surface area contributed by atoms with E-state index in [0.717, 1.165) is 23.2 Å². The molecule has 0 aliphatic carbocycles. The zero-order valence-corrected chi connectivity index (χ0v) is 15.1. The number of amides is 1. The Morgan fingerprint density at radius 3 is 2.54 bits per heavy atom. The van der Waals surface area contributed by atoms with Crippen molar-refractivity contribution in [2.24, 2.45) is 0 Å². The van der Waals surface area contributed by atoms with Crippen LogP contribution >= 0.6 is 11.6 Å². The molecule has 2 aromatic carbocycles. The van der Waals surface area contributed by atoms with Crippen molar-refractivity contribution in [2.45, 2.75) is 13.0 Å². The summed E-state index contributed by atoms with van der Waals surface area (Å²) >= 11 is 6.11. The second-order valence-corrected chi connectivity index (χ2v) is 6.63. The monoisotopic (exact) mass is 343 g/mol. The molecule has 0 saturated carbocycles. The average molecular weight is 344 g/mol. The summed E-state index contributed by atoms with van der Waals surface area (Å²) in [5, 5.41) is 3.79. The topological polar surface area (TPSA) is 33.5 Å². The third kappa shape index (κ3) is 5.52. The van der Waals surface area contributed by atoms with E-state index >= 15 is 0 Å². The molecule has 0 saturated heterocycles. The van der Waals surface area contributed by atoms with Gasteiger partial charge in [0.2, 0.25) is 5.91 Å². The lowest BCUT2D eigenvalue weighted by Gasteiger charge is -2.20. The smallest absolute Gasteiger partial charge is 0.244 e. The zero-order valence-electron chi connectivity index (χ0n) is 14.3. The van der Waals surface area contributed by atoms with Crippen molar-refractivity contribution in [1.82, 2.24) is 5.32 Å². The molecule has 3 nitrogen and oxygen atoms in total. The number of aryl methyl sites for hydroxylation is 1. The first-order valence-electron chi connectivity index (χ1n) is 8.04. The number of nitrogens with one attached hydrogen (secondary N) is 2. The molecule has 2 rings (SSSR count). The van der Waals surface area contributed by atoms with Crippen LogP contribution in [0.5, 0.6) is 0 Å². The molecule has 0 aromatic heterocycles. The standard InChI is InChI=1S/C20H23ClN2O/c1-15-9-10-16(13-18(15)21)11-12-20(24)22-19(14-23(2)3)17-7-5-4-6-8-17/h4-13,19H,14H2,1-3H3,(H,22,24)/p+1/b12-11+/t19-/m1/s1. The first-order valence-corrected chi connectivity index (χ1v) is 8.42. The predicted molar refractivity (Wildman–Crippen MR) is 100 cm³/mol. The van der Waals surface area contributed by atoms with Crippen molar-refractivity contribution in [1.29, 1.82) is 0 Å². The van der Waals surface area contributed by atoms with Gasteiger partial charge in [0.1, 0.15) is 12.6 Å². The number of likely N-dealkylation sites (N-methyl/N-ethyl adjacent to an activating group) is 1. The molecule has 0 fully saturated rings. The summed E-state index contributed by atoms with van der Waals surface area (Å²) in [6, 6.07) is 15.8. The Morgan fingerprint density at radius 2 is 1.92 bits per heavy atom. The van der Waals surface area contributed by atoms with Crippen molar-refractivity contribution in [2.75, 3.05) is 20.6 Å². The van der Waals surface area contributed by atoms with Gasteiger partial charge in [0.05, 0.1) is 14.1 Å². The molecule has 2 aromatic rings. The van der Waals surface area contributed by atoms with Gasteiger partial charge in [-0.25, -0.2) is 0 Å². The number of hydrogen-bond acceptors (Lipinski definition) is 1. The molecule has 1 amide bonds. The number of rotatable bonds is 6. The van der Waals surface area contributed by atoms with E-state index < -0.39 is 0 Å². The molecule has 0 unspecified atom stereocenters. The number of quaternary nitrogens is 1. The maximum atomic E-state index is 12.3. The van der Waals surface area contributed by atoms with Gasteiger partial charge in [-0.15, -0.1) is 0 Å². The van der Waals surface area contributed by atoms with Crippen LogP contribution in [-0.2, 0) is 4.79 Å². The maximum Gasteiger partial charge on any atom is 0.244 e. The third-order valence-electron chi connectivity index (χ3n) is 3.75. The second kappa shape index (κ2) is 8.67. The van der Waals surface area contributed by atoms with E-state index in [1.165, 1.54) is 4.90 Å². The molecule has 126 valence electrons. The van der Waals surface area contributed by atoms with E-state index in [4.69, 9.17) is 11.6 Å². The Hall–Kier alpha value is -2.10. The molecule has 0 spiro atoms. The van der Waals surface area contributed by atoms with E-state index in [9.17, 15) is 4.79 Å². The summed E-state index contributed by atoms with van der Waals surface area (Å²) in [5.41, 5.74) is 3.05. The van der Waals surface area contributed by atoms with Crippen LogP contribution < -0.4 is 10.2 Å². The van der Waals surface area contributed by atoms with Crippen molar-refractivity contribution < 1.29 is 9.69 Å². The Labute approximate surface area is 148 Å². The van der Waals surface area contributed by atoms with Gasteiger partial charge in [-0.2, -0.15) is 0 Å². The summed E-state index contributed by atoms with van der Waals surface area (Å²) in [7, 11) is 4.15. The second-order valence-electron chi connectivity index (χ2n) is 6.23. The van der Waals surface area contributed by atoms with Gasteiger partial charge >= 0.3 is 0 Å². The highest BCUT2D eigenvalue weighted by Crippen LogP contribution is 2.17. The van der Waals surface area contributed by atoms with Crippen LogP contribution in [0.4, 0.5) is 0 Å². The number of benzene rings is 2. The molecule has 0 aliphatic rings. The minimum absolute atomic E-state index is 0.0186. The van der Waals surface area contributed by atoms with Crippen molar-refractivity contribution in [3.63, 3.8) is 0 Å². The lowest BCUT2D eigenvalue weighted by Crippen LogP contribution is -3.06. The van der Waals surface area contributed by atoms with Gasteiger partial charge < -0.3 is 10.2 Å². The Morgan fingerprint density at radius 1 is 1.21 bits per heavy atom. The van der Waals surface area contributed by atoms with Gasteiger partial charge in [-0.1, -0.05) is 54.1 Å². The summed E-state index contributed by atoms with van der Waals surface area (Å²) in [4.78, 5) is 13.6. The van der Waals surface area contributed by atoms with Crippen molar-refractivity contribution >= 4 is 23.6 Å².